The number of carboxylic acids is 1. The molecule has 0 amide bonds. The molecule has 8 heteroatoms. The summed E-state index contributed by atoms with van der Waals surface area (Å²) in [6.07, 6.45) is 0. The molecule has 0 bridgehead atoms. The number of carbonyl (C=O) groups excluding carboxylic acids is 1. The van der Waals surface area contributed by atoms with Crippen molar-refractivity contribution in [1.29, 1.82) is 0 Å². The van der Waals surface area contributed by atoms with Crippen molar-refractivity contribution in [2.45, 2.75) is 12.7 Å². The standard InChI is InChI=1S/C10H12O6S2/c1-2-16-9(11)6-18(14,15)5-7-3-4-8(17-7)10(12)13/h3-4H,2,5-6H2,1H3,(H,12,13). The SMILES string of the molecule is CCOC(=O)CS(=O)(=O)Cc1ccc(C(=O)O)s1. The number of hydrogen-bond acceptors (Lipinski definition) is 6. The number of carbonyl (C=O) groups is 2. The highest BCUT2D eigenvalue weighted by Gasteiger charge is 2.20. The van der Waals surface area contributed by atoms with Crippen LogP contribution in [-0.4, -0.2) is 37.8 Å². The zero-order valence-electron chi connectivity index (χ0n) is 9.58. The molecule has 0 aliphatic carbocycles. The first kappa shape index (κ1) is 14.7. The van der Waals surface area contributed by atoms with E-state index in [2.05, 4.69) is 4.74 Å². The molecular formula is C10H12O6S2. The molecule has 0 fully saturated rings. The Hall–Kier alpha value is -1.41. The Morgan fingerprint density at radius 1 is 1.39 bits per heavy atom. The average Bonchev–Trinajstić information content (AvgIpc) is 2.64. The summed E-state index contributed by atoms with van der Waals surface area (Å²) < 4.78 is 27.8. The van der Waals surface area contributed by atoms with Crippen molar-refractivity contribution in [3.63, 3.8) is 0 Å². The Morgan fingerprint density at radius 2 is 2.06 bits per heavy atom. The fourth-order valence-corrected chi connectivity index (χ4v) is 3.71. The summed E-state index contributed by atoms with van der Waals surface area (Å²) in [5, 5.41) is 8.70. The molecule has 1 aromatic heterocycles. The summed E-state index contributed by atoms with van der Waals surface area (Å²) in [6, 6.07) is 2.76. The summed E-state index contributed by atoms with van der Waals surface area (Å²) in [4.78, 5) is 22.2. The highest BCUT2D eigenvalue weighted by Crippen LogP contribution is 2.19. The van der Waals surface area contributed by atoms with Crippen molar-refractivity contribution in [2.24, 2.45) is 0 Å². The minimum Gasteiger partial charge on any atom is -0.477 e. The largest absolute Gasteiger partial charge is 0.477 e. The molecule has 0 saturated carbocycles. The van der Waals surface area contributed by atoms with Gasteiger partial charge >= 0.3 is 11.9 Å². The maximum Gasteiger partial charge on any atom is 0.345 e. The monoisotopic (exact) mass is 292 g/mol. The number of thiophene rings is 1. The van der Waals surface area contributed by atoms with Crippen LogP contribution < -0.4 is 0 Å². The van der Waals surface area contributed by atoms with Gasteiger partial charge in [-0.1, -0.05) is 0 Å². The van der Waals surface area contributed by atoms with E-state index in [1.165, 1.54) is 12.1 Å². The minimum atomic E-state index is -3.63. The number of hydrogen-bond donors (Lipinski definition) is 1. The molecule has 0 saturated heterocycles. The molecule has 1 N–H and O–H groups in total. The second kappa shape index (κ2) is 5.96. The van der Waals surface area contributed by atoms with Crippen LogP contribution in [0.15, 0.2) is 12.1 Å². The first-order chi connectivity index (χ1) is 8.34. The maximum absolute atomic E-state index is 11.6. The van der Waals surface area contributed by atoms with Crippen LogP contribution in [0.2, 0.25) is 0 Å². The highest BCUT2D eigenvalue weighted by molar-refractivity contribution is 7.91. The lowest BCUT2D eigenvalue weighted by Crippen LogP contribution is -2.19. The van der Waals surface area contributed by atoms with Crippen LogP contribution in [0.25, 0.3) is 0 Å². The summed E-state index contributed by atoms with van der Waals surface area (Å²) in [5.41, 5.74) is 0. The summed E-state index contributed by atoms with van der Waals surface area (Å²) >= 11 is 0.877. The van der Waals surface area contributed by atoms with Gasteiger partial charge in [-0.05, 0) is 19.1 Å². The molecule has 0 atom stereocenters. The van der Waals surface area contributed by atoms with Gasteiger partial charge in [0.25, 0.3) is 0 Å². The number of ether oxygens (including phenoxy) is 1. The van der Waals surface area contributed by atoms with Gasteiger partial charge in [-0.2, -0.15) is 0 Å². The Labute approximate surface area is 108 Å². The van der Waals surface area contributed by atoms with Gasteiger partial charge in [0.05, 0.1) is 12.4 Å². The van der Waals surface area contributed by atoms with Gasteiger partial charge in [0.15, 0.2) is 9.84 Å². The van der Waals surface area contributed by atoms with Crippen molar-refractivity contribution >= 4 is 33.1 Å². The van der Waals surface area contributed by atoms with Crippen LogP contribution in [0.4, 0.5) is 0 Å². The lowest BCUT2D eigenvalue weighted by Gasteiger charge is -2.02. The van der Waals surface area contributed by atoms with Crippen LogP contribution in [0, 0.1) is 0 Å². The number of sulfone groups is 1. The topological polar surface area (TPSA) is 97.7 Å². The third-order valence-electron chi connectivity index (χ3n) is 1.88. The Kier molecular flexibility index (Phi) is 4.85. The third-order valence-corrected chi connectivity index (χ3v) is 4.56. The van der Waals surface area contributed by atoms with E-state index < -0.39 is 27.5 Å². The summed E-state index contributed by atoms with van der Waals surface area (Å²) in [5.74, 6) is -2.95. The number of carboxylic acid groups (broad SMARTS) is 1. The van der Waals surface area contributed by atoms with Gasteiger partial charge < -0.3 is 9.84 Å². The molecule has 1 aromatic rings. The van der Waals surface area contributed by atoms with Crippen molar-refractivity contribution in [1.82, 2.24) is 0 Å². The Morgan fingerprint density at radius 3 is 2.56 bits per heavy atom. The van der Waals surface area contributed by atoms with Gasteiger partial charge in [0.2, 0.25) is 0 Å². The van der Waals surface area contributed by atoms with E-state index in [0.717, 1.165) is 11.3 Å². The molecule has 0 radical (unpaired) electrons. The van der Waals surface area contributed by atoms with Gasteiger partial charge in [0, 0.05) is 4.88 Å². The molecule has 18 heavy (non-hydrogen) atoms. The van der Waals surface area contributed by atoms with Crippen molar-refractivity contribution in [3.05, 3.63) is 21.9 Å². The van der Waals surface area contributed by atoms with Crippen molar-refractivity contribution < 1.29 is 27.9 Å². The van der Waals surface area contributed by atoms with Gasteiger partial charge in [-0.25, -0.2) is 13.2 Å². The first-order valence-corrected chi connectivity index (χ1v) is 7.66. The van der Waals surface area contributed by atoms with Crippen LogP contribution in [0.1, 0.15) is 21.5 Å². The zero-order valence-corrected chi connectivity index (χ0v) is 11.2. The molecule has 0 aliphatic rings. The quantitative estimate of drug-likeness (QED) is 0.783. The Balaban J connectivity index is 2.70. The molecular weight excluding hydrogens is 280 g/mol. The van der Waals surface area contributed by atoms with Gasteiger partial charge in [0.1, 0.15) is 10.6 Å². The van der Waals surface area contributed by atoms with Crippen LogP contribution in [-0.2, 0) is 25.1 Å². The minimum absolute atomic E-state index is 0.0661. The fourth-order valence-electron chi connectivity index (χ4n) is 1.22. The lowest BCUT2D eigenvalue weighted by atomic mass is 10.4. The predicted molar refractivity (Wildman–Crippen MR) is 65.4 cm³/mol. The highest BCUT2D eigenvalue weighted by atomic mass is 32.2. The van der Waals surface area contributed by atoms with Crippen LogP contribution >= 0.6 is 11.3 Å². The molecule has 1 heterocycles. The normalized spacial score (nSPS) is 11.2. The second-order valence-electron chi connectivity index (χ2n) is 3.41. The number of aromatic carboxylic acids is 1. The van der Waals surface area contributed by atoms with E-state index in [1.54, 1.807) is 6.92 Å². The molecule has 0 aliphatic heterocycles. The second-order valence-corrected chi connectivity index (χ2v) is 6.64. The van der Waals surface area contributed by atoms with Crippen LogP contribution in [0.3, 0.4) is 0 Å². The third kappa shape index (κ3) is 4.46. The average molecular weight is 292 g/mol. The summed E-state index contributed by atoms with van der Waals surface area (Å²) in [6.45, 7) is 1.71. The zero-order chi connectivity index (χ0) is 13.8. The van der Waals surface area contributed by atoms with Gasteiger partial charge in [-0.3, -0.25) is 4.79 Å². The Bertz CT molecular complexity index is 542. The molecule has 100 valence electrons. The molecule has 0 spiro atoms. The summed E-state index contributed by atoms with van der Waals surface area (Å²) in [7, 11) is -3.63. The molecule has 0 aromatic carbocycles. The van der Waals surface area contributed by atoms with Crippen molar-refractivity contribution in [2.75, 3.05) is 12.4 Å². The number of esters is 1. The van der Waals surface area contributed by atoms with E-state index in [0.29, 0.717) is 4.88 Å². The maximum atomic E-state index is 11.6. The predicted octanol–water partition coefficient (Wildman–Crippen LogP) is 0.924. The van der Waals surface area contributed by atoms with E-state index in [1.807, 2.05) is 0 Å². The lowest BCUT2D eigenvalue weighted by molar-refractivity contribution is -0.139. The van der Waals surface area contributed by atoms with E-state index in [9.17, 15) is 18.0 Å². The van der Waals surface area contributed by atoms with E-state index >= 15 is 0 Å². The smallest absolute Gasteiger partial charge is 0.345 e. The molecule has 6 nitrogen and oxygen atoms in total. The van der Waals surface area contributed by atoms with Crippen molar-refractivity contribution in [3.8, 4) is 0 Å². The first-order valence-electron chi connectivity index (χ1n) is 5.02. The van der Waals surface area contributed by atoms with Gasteiger partial charge in [-0.15, -0.1) is 11.3 Å². The van der Waals surface area contributed by atoms with Crippen LogP contribution in [0.5, 0.6) is 0 Å². The molecule has 1 rings (SSSR count). The molecule has 0 unspecified atom stereocenters. The number of rotatable bonds is 6. The van der Waals surface area contributed by atoms with E-state index in [-0.39, 0.29) is 17.2 Å². The fraction of sp³-hybridized carbons (Fsp3) is 0.400. The van der Waals surface area contributed by atoms with E-state index in [4.69, 9.17) is 5.11 Å².